The van der Waals surface area contributed by atoms with Crippen LogP contribution < -0.4 is 5.32 Å². The zero-order valence-electron chi connectivity index (χ0n) is 18.8. The number of fused-ring (bicyclic) bond motifs is 3. The number of aromatic amines is 1. The number of amides is 2. The van der Waals surface area contributed by atoms with Gasteiger partial charge in [0.15, 0.2) is 0 Å². The van der Waals surface area contributed by atoms with Gasteiger partial charge in [0.1, 0.15) is 5.02 Å². The van der Waals surface area contributed by atoms with Crippen LogP contribution in [0.4, 0.5) is 29.3 Å². The Bertz CT molecular complexity index is 1550. The number of urea groups is 1. The molecule has 5 rings (SSSR count). The van der Waals surface area contributed by atoms with Gasteiger partial charge in [-0.05, 0) is 53.9 Å². The number of alkyl halides is 3. The first-order valence-electron chi connectivity index (χ1n) is 11.0. The molecule has 0 saturated heterocycles. The standard InChI is InChI=1S/C25H17Cl2F3N4O3/c26-18-7-6-14(12-17(18)25(28,29)30)31-24(35)33-10-9-16-15-3-1-2-4-20(15)32-22(16)23(33)13-5-8-21(34(36)37)19(27)11-13/h1-8,11-12,23,32H,9-10H2,(H,31,35). The van der Waals surface area contributed by atoms with Crippen LogP contribution in [0.2, 0.25) is 10.0 Å². The lowest BCUT2D eigenvalue weighted by Crippen LogP contribution is -2.43. The van der Waals surface area contributed by atoms with Crippen molar-refractivity contribution >= 4 is 51.5 Å². The first-order valence-corrected chi connectivity index (χ1v) is 11.8. The van der Waals surface area contributed by atoms with Crippen LogP contribution >= 0.6 is 23.2 Å². The van der Waals surface area contributed by atoms with Crippen molar-refractivity contribution in [3.8, 4) is 0 Å². The van der Waals surface area contributed by atoms with E-state index in [1.54, 1.807) is 0 Å². The second-order valence-electron chi connectivity index (χ2n) is 8.50. The summed E-state index contributed by atoms with van der Waals surface area (Å²) in [5.74, 6) is 0. The fourth-order valence-corrected chi connectivity index (χ4v) is 5.15. The third kappa shape index (κ3) is 4.58. The van der Waals surface area contributed by atoms with Crippen LogP contribution in [0.1, 0.15) is 28.4 Å². The van der Waals surface area contributed by atoms with E-state index in [0.29, 0.717) is 17.7 Å². The molecule has 0 fully saturated rings. The number of nitrogens with zero attached hydrogens (tertiary/aromatic N) is 2. The normalized spacial score (nSPS) is 15.5. The summed E-state index contributed by atoms with van der Waals surface area (Å²) < 4.78 is 40.0. The predicted octanol–water partition coefficient (Wildman–Crippen LogP) is 7.58. The number of H-pyrrole nitrogens is 1. The Balaban J connectivity index is 1.57. The van der Waals surface area contributed by atoms with Crippen molar-refractivity contribution < 1.29 is 22.9 Å². The molecule has 2 N–H and O–H groups in total. The number of aromatic nitrogens is 1. The van der Waals surface area contributed by atoms with E-state index >= 15 is 0 Å². The van der Waals surface area contributed by atoms with Crippen LogP contribution in [0.5, 0.6) is 0 Å². The first kappa shape index (κ1) is 24.9. The van der Waals surface area contributed by atoms with Crippen molar-refractivity contribution in [3.63, 3.8) is 0 Å². The fraction of sp³-hybridized carbons (Fsp3) is 0.160. The van der Waals surface area contributed by atoms with Crippen LogP contribution in [0, 0.1) is 10.1 Å². The Morgan fingerprint density at radius 2 is 1.84 bits per heavy atom. The molecule has 190 valence electrons. The summed E-state index contributed by atoms with van der Waals surface area (Å²) in [6, 6.07) is 13.5. The largest absolute Gasteiger partial charge is 0.417 e. The maximum Gasteiger partial charge on any atom is 0.417 e. The molecule has 1 unspecified atom stereocenters. The Hall–Kier alpha value is -3.76. The van der Waals surface area contributed by atoms with E-state index in [4.69, 9.17) is 23.2 Å². The van der Waals surface area contributed by atoms with Gasteiger partial charge in [0.2, 0.25) is 0 Å². The average molecular weight is 549 g/mol. The highest BCUT2D eigenvalue weighted by atomic mass is 35.5. The molecule has 12 heteroatoms. The Morgan fingerprint density at radius 3 is 2.54 bits per heavy atom. The quantitative estimate of drug-likeness (QED) is 0.204. The second-order valence-corrected chi connectivity index (χ2v) is 9.31. The summed E-state index contributed by atoms with van der Waals surface area (Å²) in [6.07, 6.45) is -4.21. The highest BCUT2D eigenvalue weighted by Crippen LogP contribution is 2.41. The second kappa shape index (κ2) is 9.28. The molecule has 1 aromatic heterocycles. The average Bonchev–Trinajstić information content (AvgIpc) is 3.22. The lowest BCUT2D eigenvalue weighted by atomic mass is 9.92. The van der Waals surface area contributed by atoms with Gasteiger partial charge in [0.05, 0.1) is 21.6 Å². The number of rotatable bonds is 3. The van der Waals surface area contributed by atoms with Gasteiger partial charge >= 0.3 is 12.2 Å². The minimum absolute atomic E-state index is 0.0790. The van der Waals surface area contributed by atoms with Crippen molar-refractivity contribution in [2.45, 2.75) is 18.6 Å². The summed E-state index contributed by atoms with van der Waals surface area (Å²) >= 11 is 11.9. The molecule has 1 aliphatic rings. The van der Waals surface area contributed by atoms with Crippen LogP contribution in [0.25, 0.3) is 10.9 Å². The summed E-state index contributed by atoms with van der Waals surface area (Å²) in [5, 5.41) is 14.2. The van der Waals surface area contributed by atoms with Crippen LogP contribution in [0.15, 0.2) is 60.7 Å². The lowest BCUT2D eigenvalue weighted by molar-refractivity contribution is -0.384. The number of carbonyl (C=O) groups is 1. The number of anilines is 1. The highest BCUT2D eigenvalue weighted by Gasteiger charge is 2.36. The van der Waals surface area contributed by atoms with E-state index in [-0.39, 0.29) is 22.9 Å². The number of nitro groups is 1. The number of para-hydroxylation sites is 1. The molecule has 2 amide bonds. The topological polar surface area (TPSA) is 91.3 Å². The highest BCUT2D eigenvalue weighted by molar-refractivity contribution is 6.32. The first-order chi connectivity index (χ1) is 17.5. The van der Waals surface area contributed by atoms with Gasteiger partial charge < -0.3 is 15.2 Å². The molecule has 4 aromatic rings. The Morgan fingerprint density at radius 1 is 1.08 bits per heavy atom. The number of nitro benzene ring substituents is 1. The molecular formula is C25H17Cl2F3N4O3. The summed E-state index contributed by atoms with van der Waals surface area (Å²) in [6.45, 7) is 0.236. The monoisotopic (exact) mass is 548 g/mol. The fourth-order valence-electron chi connectivity index (χ4n) is 4.66. The van der Waals surface area contributed by atoms with Gasteiger partial charge in [0.25, 0.3) is 5.69 Å². The maximum absolute atomic E-state index is 13.4. The molecule has 0 bridgehead atoms. The van der Waals surface area contributed by atoms with E-state index in [9.17, 15) is 28.1 Å². The molecule has 1 atom stereocenters. The van der Waals surface area contributed by atoms with Crippen molar-refractivity contribution in [2.75, 3.05) is 11.9 Å². The van der Waals surface area contributed by atoms with E-state index in [0.717, 1.165) is 28.6 Å². The Labute approximate surface area is 217 Å². The van der Waals surface area contributed by atoms with Gasteiger partial charge in [-0.1, -0.05) is 41.4 Å². The number of hydrogen-bond acceptors (Lipinski definition) is 3. The van der Waals surface area contributed by atoms with Crippen LogP contribution in [-0.4, -0.2) is 27.4 Å². The van der Waals surface area contributed by atoms with Gasteiger partial charge in [-0.15, -0.1) is 0 Å². The van der Waals surface area contributed by atoms with E-state index in [2.05, 4.69) is 10.3 Å². The third-order valence-corrected chi connectivity index (χ3v) is 6.93. The van der Waals surface area contributed by atoms with Gasteiger partial charge in [-0.3, -0.25) is 10.1 Å². The number of nitrogens with one attached hydrogen (secondary N) is 2. The number of carbonyl (C=O) groups excluding carboxylic acids is 1. The number of benzene rings is 3. The number of hydrogen-bond donors (Lipinski definition) is 2. The minimum Gasteiger partial charge on any atom is -0.356 e. The molecule has 3 aromatic carbocycles. The summed E-state index contributed by atoms with van der Waals surface area (Å²) in [7, 11) is 0. The van der Waals surface area contributed by atoms with Gasteiger partial charge in [-0.2, -0.15) is 13.2 Å². The van der Waals surface area contributed by atoms with Crippen molar-refractivity contribution in [1.29, 1.82) is 0 Å². The molecule has 2 heterocycles. The summed E-state index contributed by atoms with van der Waals surface area (Å²) in [5.41, 5.74) is 1.59. The SMILES string of the molecule is O=C(Nc1ccc(Cl)c(C(F)(F)F)c1)N1CCc2c([nH]c3ccccc23)C1c1ccc([N+](=O)[O-])c(Cl)c1. The molecule has 1 aliphatic heterocycles. The molecule has 37 heavy (non-hydrogen) atoms. The van der Waals surface area contributed by atoms with Gasteiger partial charge in [-0.25, -0.2) is 4.79 Å². The number of halogens is 5. The molecule has 0 saturated carbocycles. The predicted molar refractivity (Wildman–Crippen MR) is 134 cm³/mol. The maximum atomic E-state index is 13.4. The van der Waals surface area contributed by atoms with Crippen molar-refractivity contribution in [1.82, 2.24) is 9.88 Å². The van der Waals surface area contributed by atoms with Crippen LogP contribution in [-0.2, 0) is 12.6 Å². The molecule has 0 aliphatic carbocycles. The van der Waals surface area contributed by atoms with E-state index in [1.807, 2.05) is 24.3 Å². The minimum atomic E-state index is -4.69. The van der Waals surface area contributed by atoms with Crippen LogP contribution in [0.3, 0.4) is 0 Å². The third-order valence-electron chi connectivity index (χ3n) is 6.30. The van der Waals surface area contributed by atoms with E-state index < -0.39 is 33.8 Å². The summed E-state index contributed by atoms with van der Waals surface area (Å²) in [4.78, 5) is 28.9. The zero-order valence-corrected chi connectivity index (χ0v) is 20.3. The molecule has 7 nitrogen and oxygen atoms in total. The zero-order chi connectivity index (χ0) is 26.5. The van der Waals surface area contributed by atoms with Crippen molar-refractivity contribution in [3.05, 3.63) is 103 Å². The lowest BCUT2D eigenvalue weighted by Gasteiger charge is -2.36. The van der Waals surface area contributed by atoms with E-state index in [1.165, 1.54) is 29.2 Å². The van der Waals surface area contributed by atoms with Gasteiger partial charge in [0, 0.05) is 34.9 Å². The Kier molecular flexibility index (Phi) is 6.25. The molecule has 0 spiro atoms. The molecule has 0 radical (unpaired) electrons. The van der Waals surface area contributed by atoms with Crippen molar-refractivity contribution in [2.24, 2.45) is 0 Å². The molecular weight excluding hydrogens is 532 g/mol. The smallest absolute Gasteiger partial charge is 0.356 e.